The smallest absolute Gasteiger partial charge is 0.165 e. The van der Waals surface area contributed by atoms with Gasteiger partial charge in [0, 0.05) is 5.39 Å². The van der Waals surface area contributed by atoms with Gasteiger partial charge in [-0.3, -0.25) is 4.98 Å². The fraction of sp³-hybridized carbons (Fsp3) is 0.0909. The molecule has 0 amide bonds. The van der Waals surface area contributed by atoms with E-state index in [0.717, 1.165) is 0 Å². The van der Waals surface area contributed by atoms with Gasteiger partial charge in [-0.05, 0) is 12.1 Å². The van der Waals surface area contributed by atoms with Gasteiger partial charge in [-0.2, -0.15) is 5.26 Å². The van der Waals surface area contributed by atoms with Crippen LogP contribution < -0.4 is 10.5 Å². The fourth-order valence-corrected chi connectivity index (χ4v) is 1.54. The van der Waals surface area contributed by atoms with Crippen LogP contribution in [0.25, 0.3) is 10.9 Å². The lowest BCUT2D eigenvalue weighted by molar-refractivity contribution is 0.414. The molecule has 0 aliphatic rings. The zero-order valence-electron chi connectivity index (χ0n) is 8.49. The minimum atomic E-state index is -0.640. The van der Waals surface area contributed by atoms with Crippen LogP contribution in [-0.4, -0.2) is 12.1 Å². The molecule has 2 N–H and O–H groups in total. The van der Waals surface area contributed by atoms with Crippen LogP contribution in [-0.2, 0) is 0 Å². The molecule has 0 unspecified atom stereocenters. The van der Waals surface area contributed by atoms with E-state index in [9.17, 15) is 4.39 Å². The van der Waals surface area contributed by atoms with Crippen LogP contribution >= 0.6 is 0 Å². The lowest BCUT2D eigenvalue weighted by Gasteiger charge is -2.07. The monoisotopic (exact) mass is 217 g/mol. The van der Waals surface area contributed by atoms with Gasteiger partial charge >= 0.3 is 0 Å². The van der Waals surface area contributed by atoms with E-state index in [-0.39, 0.29) is 11.3 Å². The predicted molar refractivity (Wildman–Crippen MR) is 57.4 cm³/mol. The number of nitrogens with two attached hydrogens (primary N) is 1. The highest BCUT2D eigenvalue weighted by Crippen LogP contribution is 2.30. The average molecular weight is 217 g/mol. The van der Waals surface area contributed by atoms with Crippen LogP contribution in [0.2, 0.25) is 0 Å². The second kappa shape index (κ2) is 3.66. The SMILES string of the molecule is COc1c(C#N)c(F)cc2cc(N)cnc12. The molecule has 0 aliphatic heterocycles. The van der Waals surface area contributed by atoms with E-state index < -0.39 is 5.82 Å². The second-order valence-corrected chi connectivity index (χ2v) is 3.22. The van der Waals surface area contributed by atoms with Crippen molar-refractivity contribution in [1.82, 2.24) is 4.98 Å². The molecule has 2 rings (SSSR count). The number of methoxy groups -OCH3 is 1. The largest absolute Gasteiger partial charge is 0.493 e. The van der Waals surface area contributed by atoms with Crippen molar-refractivity contribution in [1.29, 1.82) is 5.26 Å². The fourth-order valence-electron chi connectivity index (χ4n) is 1.54. The first-order chi connectivity index (χ1) is 7.67. The molecule has 1 aromatic carbocycles. The summed E-state index contributed by atoms with van der Waals surface area (Å²) in [4.78, 5) is 4.03. The van der Waals surface area contributed by atoms with Crippen molar-refractivity contribution in [3.63, 3.8) is 0 Å². The van der Waals surface area contributed by atoms with Gasteiger partial charge in [0.15, 0.2) is 5.75 Å². The van der Waals surface area contributed by atoms with Gasteiger partial charge < -0.3 is 10.5 Å². The Bertz CT molecular complexity index is 604. The van der Waals surface area contributed by atoms with E-state index in [2.05, 4.69) is 4.98 Å². The highest BCUT2D eigenvalue weighted by molar-refractivity contribution is 5.88. The zero-order chi connectivity index (χ0) is 11.7. The first kappa shape index (κ1) is 10.2. The van der Waals surface area contributed by atoms with Crippen molar-refractivity contribution in [2.75, 3.05) is 12.8 Å². The topological polar surface area (TPSA) is 71.9 Å². The number of halogens is 1. The van der Waals surface area contributed by atoms with E-state index in [0.29, 0.717) is 16.6 Å². The summed E-state index contributed by atoms with van der Waals surface area (Å²) in [6.45, 7) is 0. The molecular formula is C11H8FN3O. The molecule has 2 aromatic rings. The maximum absolute atomic E-state index is 13.5. The molecule has 0 spiro atoms. The van der Waals surface area contributed by atoms with Crippen LogP contribution in [0.4, 0.5) is 10.1 Å². The van der Waals surface area contributed by atoms with Crippen LogP contribution in [0.3, 0.4) is 0 Å². The molecular weight excluding hydrogens is 209 g/mol. The van der Waals surface area contributed by atoms with Gasteiger partial charge in [-0.1, -0.05) is 0 Å². The molecule has 0 aliphatic carbocycles. The van der Waals surface area contributed by atoms with Gasteiger partial charge in [0.2, 0.25) is 0 Å². The standard InChI is InChI=1S/C11H8FN3O/c1-16-11-8(4-13)9(12)3-6-2-7(14)5-15-10(6)11/h2-3,5H,14H2,1H3. The normalized spacial score (nSPS) is 10.1. The first-order valence-electron chi connectivity index (χ1n) is 4.49. The number of nitrogens with zero attached hydrogens (tertiary/aromatic N) is 2. The Morgan fingerprint density at radius 1 is 1.50 bits per heavy atom. The molecule has 5 heteroatoms. The first-order valence-corrected chi connectivity index (χ1v) is 4.49. The number of hydrogen-bond acceptors (Lipinski definition) is 4. The average Bonchev–Trinajstić information content (AvgIpc) is 2.26. The highest BCUT2D eigenvalue weighted by Gasteiger charge is 2.15. The quantitative estimate of drug-likeness (QED) is 0.791. The molecule has 0 saturated heterocycles. The number of benzene rings is 1. The third-order valence-corrected chi connectivity index (χ3v) is 2.22. The number of ether oxygens (including phenoxy) is 1. The van der Waals surface area contributed by atoms with E-state index in [1.807, 2.05) is 0 Å². The number of hydrogen-bond donors (Lipinski definition) is 1. The Kier molecular flexibility index (Phi) is 2.33. The number of rotatable bonds is 1. The molecule has 0 fully saturated rings. The molecule has 80 valence electrons. The molecule has 16 heavy (non-hydrogen) atoms. The molecule has 0 atom stereocenters. The summed E-state index contributed by atoms with van der Waals surface area (Å²) in [5.74, 6) is -0.503. The number of nitrogen functional groups attached to an aromatic ring is 1. The van der Waals surface area contributed by atoms with Gasteiger partial charge in [-0.25, -0.2) is 4.39 Å². The molecule has 1 heterocycles. The Morgan fingerprint density at radius 2 is 2.25 bits per heavy atom. The van der Waals surface area contributed by atoms with Gasteiger partial charge in [-0.15, -0.1) is 0 Å². The van der Waals surface area contributed by atoms with Crippen molar-refractivity contribution in [3.05, 3.63) is 29.7 Å². The van der Waals surface area contributed by atoms with Crippen LogP contribution in [0.15, 0.2) is 18.3 Å². The summed E-state index contributed by atoms with van der Waals surface area (Å²) in [6, 6.07) is 4.55. The van der Waals surface area contributed by atoms with Crippen LogP contribution in [0.5, 0.6) is 5.75 Å². The van der Waals surface area contributed by atoms with Crippen molar-refractivity contribution in [3.8, 4) is 11.8 Å². The lowest BCUT2D eigenvalue weighted by atomic mass is 10.1. The van der Waals surface area contributed by atoms with E-state index in [1.165, 1.54) is 19.4 Å². The Morgan fingerprint density at radius 3 is 2.88 bits per heavy atom. The van der Waals surface area contributed by atoms with Gasteiger partial charge in [0.05, 0.1) is 19.0 Å². The summed E-state index contributed by atoms with van der Waals surface area (Å²) in [5.41, 5.74) is 6.25. The Hall–Kier alpha value is -2.35. The summed E-state index contributed by atoms with van der Waals surface area (Å²) >= 11 is 0. The predicted octanol–water partition coefficient (Wildman–Crippen LogP) is 1.84. The van der Waals surface area contributed by atoms with Crippen molar-refractivity contribution in [2.45, 2.75) is 0 Å². The molecule has 1 aromatic heterocycles. The van der Waals surface area contributed by atoms with E-state index in [1.54, 1.807) is 12.1 Å². The van der Waals surface area contributed by atoms with Crippen LogP contribution in [0.1, 0.15) is 5.56 Å². The van der Waals surface area contributed by atoms with E-state index >= 15 is 0 Å². The summed E-state index contributed by atoms with van der Waals surface area (Å²) in [7, 11) is 1.37. The molecule has 4 nitrogen and oxygen atoms in total. The number of pyridine rings is 1. The number of nitriles is 1. The maximum atomic E-state index is 13.5. The molecule has 0 radical (unpaired) electrons. The summed E-state index contributed by atoms with van der Waals surface area (Å²) in [5, 5.41) is 9.33. The Labute approximate surface area is 91.1 Å². The number of anilines is 1. The second-order valence-electron chi connectivity index (χ2n) is 3.22. The Balaban J connectivity index is 2.91. The highest BCUT2D eigenvalue weighted by atomic mass is 19.1. The summed E-state index contributed by atoms with van der Waals surface area (Å²) < 4.78 is 18.5. The van der Waals surface area contributed by atoms with Crippen molar-refractivity contribution >= 4 is 16.6 Å². The minimum Gasteiger partial charge on any atom is -0.493 e. The summed E-state index contributed by atoms with van der Waals surface area (Å²) in [6.07, 6.45) is 1.43. The molecule has 0 saturated carbocycles. The van der Waals surface area contributed by atoms with Gasteiger partial charge in [0.1, 0.15) is 23.0 Å². The zero-order valence-corrected chi connectivity index (χ0v) is 8.49. The van der Waals surface area contributed by atoms with E-state index in [4.69, 9.17) is 15.7 Å². The lowest BCUT2D eigenvalue weighted by Crippen LogP contribution is -1.96. The van der Waals surface area contributed by atoms with Crippen LogP contribution in [0, 0.1) is 17.1 Å². The third kappa shape index (κ3) is 1.41. The van der Waals surface area contributed by atoms with Gasteiger partial charge in [0.25, 0.3) is 0 Å². The number of fused-ring (bicyclic) bond motifs is 1. The minimum absolute atomic E-state index is 0.137. The van der Waals surface area contributed by atoms with Crippen molar-refractivity contribution in [2.24, 2.45) is 0 Å². The van der Waals surface area contributed by atoms with Crippen molar-refractivity contribution < 1.29 is 9.13 Å². The number of aromatic nitrogens is 1. The molecule has 0 bridgehead atoms. The third-order valence-electron chi connectivity index (χ3n) is 2.22. The maximum Gasteiger partial charge on any atom is 0.165 e.